The van der Waals surface area contributed by atoms with Crippen molar-refractivity contribution < 1.29 is 4.79 Å². The third-order valence-electron chi connectivity index (χ3n) is 4.17. The van der Waals surface area contributed by atoms with E-state index in [2.05, 4.69) is 44.8 Å². The highest BCUT2D eigenvalue weighted by atomic mass is 127. The van der Waals surface area contributed by atoms with E-state index >= 15 is 0 Å². The minimum absolute atomic E-state index is 0. The Morgan fingerprint density at radius 1 is 1.12 bits per heavy atom. The van der Waals surface area contributed by atoms with E-state index in [-0.39, 0.29) is 29.9 Å². The number of piperazine rings is 1. The van der Waals surface area contributed by atoms with Gasteiger partial charge >= 0.3 is 0 Å². The highest BCUT2D eigenvalue weighted by molar-refractivity contribution is 14.0. The second-order valence-electron chi connectivity index (χ2n) is 5.93. The molecule has 1 aliphatic rings. The van der Waals surface area contributed by atoms with Gasteiger partial charge in [-0.2, -0.15) is 0 Å². The molecule has 1 saturated heterocycles. The zero-order valence-corrected chi connectivity index (χ0v) is 18.8. The van der Waals surface area contributed by atoms with Crippen LogP contribution in [0.3, 0.4) is 0 Å². The number of benzene rings is 1. The third-order valence-corrected chi connectivity index (χ3v) is 5.18. The largest absolute Gasteiger partial charge is 0.356 e. The van der Waals surface area contributed by atoms with Crippen LogP contribution in [0.25, 0.3) is 0 Å². The van der Waals surface area contributed by atoms with Crippen LogP contribution in [0.4, 0.5) is 0 Å². The number of carbonyl (C=O) groups is 1. The lowest BCUT2D eigenvalue weighted by Gasteiger charge is -2.34. The summed E-state index contributed by atoms with van der Waals surface area (Å²) >= 11 is 1.84. The molecular formula is C18H30IN5OS. The van der Waals surface area contributed by atoms with Crippen molar-refractivity contribution in [1.82, 2.24) is 20.4 Å². The Kier molecular flexibility index (Phi) is 11.7. The van der Waals surface area contributed by atoms with Gasteiger partial charge in [0.15, 0.2) is 5.96 Å². The summed E-state index contributed by atoms with van der Waals surface area (Å²) in [6.45, 7) is 7.89. The first-order chi connectivity index (χ1) is 12.2. The number of aliphatic imine (C=N–C) groups is 1. The van der Waals surface area contributed by atoms with E-state index in [1.807, 2.05) is 22.7 Å². The average molecular weight is 491 g/mol. The van der Waals surface area contributed by atoms with Crippen molar-refractivity contribution >= 4 is 47.6 Å². The van der Waals surface area contributed by atoms with Gasteiger partial charge in [0.2, 0.25) is 5.91 Å². The minimum atomic E-state index is 0. The highest BCUT2D eigenvalue weighted by Gasteiger charge is 2.17. The van der Waals surface area contributed by atoms with E-state index in [4.69, 9.17) is 0 Å². The van der Waals surface area contributed by atoms with Crippen LogP contribution in [0.2, 0.25) is 0 Å². The number of halogens is 1. The van der Waals surface area contributed by atoms with Crippen LogP contribution in [0, 0.1) is 0 Å². The fourth-order valence-electron chi connectivity index (χ4n) is 2.69. The smallest absolute Gasteiger partial charge is 0.219 e. The summed E-state index contributed by atoms with van der Waals surface area (Å²) in [5.41, 5.74) is 0. The zero-order valence-electron chi connectivity index (χ0n) is 15.6. The van der Waals surface area contributed by atoms with Crippen molar-refractivity contribution in [3.05, 3.63) is 30.3 Å². The Bertz CT molecular complexity index is 550. The number of carbonyl (C=O) groups excluding carboxylic acids is 1. The summed E-state index contributed by atoms with van der Waals surface area (Å²) in [6.07, 6.45) is 0. The Morgan fingerprint density at radius 2 is 1.77 bits per heavy atom. The van der Waals surface area contributed by atoms with Gasteiger partial charge in [-0.1, -0.05) is 18.2 Å². The normalized spacial score (nSPS) is 15.3. The van der Waals surface area contributed by atoms with E-state index in [1.165, 1.54) is 4.90 Å². The summed E-state index contributed by atoms with van der Waals surface area (Å²) in [5.74, 6) is 2.02. The Labute approximate surface area is 178 Å². The van der Waals surface area contributed by atoms with Gasteiger partial charge < -0.3 is 15.5 Å². The molecule has 146 valence electrons. The molecule has 2 rings (SSSR count). The summed E-state index contributed by atoms with van der Waals surface area (Å²) in [6, 6.07) is 10.4. The number of guanidine groups is 1. The average Bonchev–Trinajstić information content (AvgIpc) is 2.65. The molecule has 0 saturated carbocycles. The van der Waals surface area contributed by atoms with Gasteiger partial charge in [0.05, 0.1) is 0 Å². The van der Waals surface area contributed by atoms with Crippen LogP contribution in [-0.4, -0.2) is 80.3 Å². The van der Waals surface area contributed by atoms with Crippen LogP contribution >= 0.6 is 35.7 Å². The molecular weight excluding hydrogens is 461 g/mol. The van der Waals surface area contributed by atoms with Crippen molar-refractivity contribution in [2.45, 2.75) is 11.8 Å². The molecule has 1 aromatic rings. The fraction of sp³-hybridized carbons (Fsp3) is 0.556. The molecule has 1 heterocycles. The van der Waals surface area contributed by atoms with Gasteiger partial charge in [-0.3, -0.25) is 14.7 Å². The Morgan fingerprint density at radius 3 is 2.38 bits per heavy atom. The van der Waals surface area contributed by atoms with Gasteiger partial charge in [0, 0.05) is 70.4 Å². The molecule has 8 heteroatoms. The zero-order chi connectivity index (χ0) is 17.9. The summed E-state index contributed by atoms with van der Waals surface area (Å²) < 4.78 is 0. The van der Waals surface area contributed by atoms with Gasteiger partial charge in [-0.05, 0) is 12.1 Å². The predicted molar refractivity (Wildman–Crippen MR) is 121 cm³/mol. The summed E-state index contributed by atoms with van der Waals surface area (Å²) in [5, 5.41) is 6.70. The molecule has 1 amide bonds. The maximum atomic E-state index is 11.3. The molecule has 2 N–H and O–H groups in total. The van der Waals surface area contributed by atoms with Crippen LogP contribution in [0.15, 0.2) is 40.2 Å². The second-order valence-corrected chi connectivity index (χ2v) is 7.10. The monoisotopic (exact) mass is 491 g/mol. The SMILES string of the molecule is CN=C(NCCSc1ccccc1)NCCN1CCN(C(C)=O)CC1.I. The molecule has 0 atom stereocenters. The molecule has 1 fully saturated rings. The lowest BCUT2D eigenvalue weighted by molar-refractivity contribution is -0.130. The van der Waals surface area contributed by atoms with E-state index < -0.39 is 0 Å². The van der Waals surface area contributed by atoms with Crippen molar-refractivity contribution in [2.24, 2.45) is 4.99 Å². The maximum absolute atomic E-state index is 11.3. The molecule has 0 unspecified atom stereocenters. The number of thioether (sulfide) groups is 1. The van der Waals surface area contributed by atoms with Crippen LogP contribution in [0.1, 0.15) is 6.92 Å². The lowest BCUT2D eigenvalue weighted by Crippen LogP contribution is -2.50. The maximum Gasteiger partial charge on any atom is 0.219 e. The molecule has 0 aliphatic carbocycles. The number of nitrogens with zero attached hydrogens (tertiary/aromatic N) is 3. The van der Waals surface area contributed by atoms with Crippen molar-refractivity contribution in [3.8, 4) is 0 Å². The van der Waals surface area contributed by atoms with Crippen molar-refractivity contribution in [1.29, 1.82) is 0 Å². The van der Waals surface area contributed by atoms with Gasteiger partial charge in [-0.25, -0.2) is 0 Å². The molecule has 1 aliphatic heterocycles. The number of hydrogen-bond acceptors (Lipinski definition) is 4. The molecule has 0 spiro atoms. The summed E-state index contributed by atoms with van der Waals surface area (Å²) in [4.78, 5) is 21.2. The van der Waals surface area contributed by atoms with E-state index in [0.717, 1.165) is 57.5 Å². The predicted octanol–water partition coefficient (Wildman–Crippen LogP) is 1.73. The highest BCUT2D eigenvalue weighted by Crippen LogP contribution is 2.15. The third kappa shape index (κ3) is 8.59. The van der Waals surface area contributed by atoms with E-state index in [0.29, 0.717) is 0 Å². The topological polar surface area (TPSA) is 60.0 Å². The van der Waals surface area contributed by atoms with Crippen LogP contribution in [0.5, 0.6) is 0 Å². The minimum Gasteiger partial charge on any atom is -0.356 e. The molecule has 1 aromatic carbocycles. The molecule has 0 radical (unpaired) electrons. The molecule has 26 heavy (non-hydrogen) atoms. The Balaban J connectivity index is 0.00000338. The van der Waals surface area contributed by atoms with Gasteiger partial charge in [0.25, 0.3) is 0 Å². The first-order valence-corrected chi connectivity index (χ1v) is 9.78. The summed E-state index contributed by atoms with van der Waals surface area (Å²) in [7, 11) is 1.80. The van der Waals surface area contributed by atoms with Gasteiger partial charge in [0.1, 0.15) is 0 Å². The Hall–Kier alpha value is -1.00. The molecule has 0 bridgehead atoms. The lowest BCUT2D eigenvalue weighted by atomic mass is 10.3. The van der Waals surface area contributed by atoms with E-state index in [9.17, 15) is 4.79 Å². The van der Waals surface area contributed by atoms with Crippen LogP contribution in [-0.2, 0) is 4.79 Å². The number of nitrogens with one attached hydrogen (secondary N) is 2. The number of amides is 1. The first-order valence-electron chi connectivity index (χ1n) is 8.79. The van der Waals surface area contributed by atoms with E-state index in [1.54, 1.807) is 14.0 Å². The van der Waals surface area contributed by atoms with Crippen LogP contribution < -0.4 is 10.6 Å². The quantitative estimate of drug-likeness (QED) is 0.200. The molecule has 0 aromatic heterocycles. The van der Waals surface area contributed by atoms with Gasteiger partial charge in [-0.15, -0.1) is 35.7 Å². The van der Waals surface area contributed by atoms with Crippen molar-refractivity contribution in [3.63, 3.8) is 0 Å². The number of rotatable bonds is 7. The second kappa shape index (κ2) is 13.2. The first kappa shape index (κ1) is 23.0. The fourth-order valence-corrected chi connectivity index (χ4v) is 3.48. The van der Waals surface area contributed by atoms with Crippen molar-refractivity contribution in [2.75, 3.05) is 58.6 Å². The number of hydrogen-bond donors (Lipinski definition) is 2. The molecule has 6 nitrogen and oxygen atoms in total. The standard InChI is InChI=1S/C18H29N5OS.HI/c1-16(24)23-13-11-22(12-14-23)10-8-20-18(19-2)21-9-15-25-17-6-4-3-5-7-17;/h3-7H,8-15H2,1-2H3,(H2,19,20,21);1H.